The molecule has 3 aromatic carbocycles. The molecule has 1 fully saturated rings. The van der Waals surface area contributed by atoms with Gasteiger partial charge in [0.1, 0.15) is 0 Å². The largest absolute Gasteiger partial charge is 0.471 e. The zero-order valence-electron chi connectivity index (χ0n) is 19.5. The molecule has 0 radical (unpaired) electrons. The van der Waals surface area contributed by atoms with Gasteiger partial charge in [-0.1, -0.05) is 36.4 Å². The van der Waals surface area contributed by atoms with Crippen LogP contribution >= 0.6 is 0 Å². The van der Waals surface area contributed by atoms with Gasteiger partial charge in [0, 0.05) is 36.6 Å². The second-order valence-electron chi connectivity index (χ2n) is 9.04. The maximum Gasteiger partial charge on any atom is 0.471 e. The Bertz CT molecular complexity index is 1300. The minimum Gasteiger partial charge on any atom is -0.363 e. The molecular weight excluding hydrogens is 469 g/mol. The minimum absolute atomic E-state index is 0.235. The van der Waals surface area contributed by atoms with E-state index in [-0.39, 0.29) is 11.9 Å². The molecule has 0 aliphatic carbocycles. The average molecular weight is 495 g/mol. The Balaban J connectivity index is 1.49. The fourth-order valence-corrected chi connectivity index (χ4v) is 5.05. The summed E-state index contributed by atoms with van der Waals surface area (Å²) in [4.78, 5) is 28.7. The molecule has 5 rings (SSSR count). The molecule has 0 aromatic heterocycles. The van der Waals surface area contributed by atoms with Crippen molar-refractivity contribution in [3.05, 3.63) is 83.9 Å². The first-order valence-corrected chi connectivity index (χ1v) is 11.7. The molecule has 0 bridgehead atoms. The minimum atomic E-state index is -4.91. The molecule has 0 spiro atoms. The lowest BCUT2D eigenvalue weighted by atomic mass is 9.90. The first kappa shape index (κ1) is 23.7. The first-order valence-electron chi connectivity index (χ1n) is 11.7. The number of para-hydroxylation sites is 2. The third-order valence-electron chi connectivity index (χ3n) is 6.79. The third-order valence-corrected chi connectivity index (χ3v) is 6.79. The van der Waals surface area contributed by atoms with Gasteiger partial charge in [0.05, 0.1) is 17.4 Å². The number of anilines is 4. The van der Waals surface area contributed by atoms with Crippen molar-refractivity contribution in [1.29, 1.82) is 0 Å². The molecule has 2 heterocycles. The van der Waals surface area contributed by atoms with Gasteiger partial charge in [-0.3, -0.25) is 9.59 Å². The summed E-state index contributed by atoms with van der Waals surface area (Å²) in [5.74, 6) is -2.14. The van der Waals surface area contributed by atoms with E-state index >= 15 is 0 Å². The summed E-state index contributed by atoms with van der Waals surface area (Å²) in [6.45, 7) is 0.457. The topological polar surface area (TPSA) is 64.7 Å². The molecule has 2 amide bonds. The van der Waals surface area contributed by atoms with E-state index in [9.17, 15) is 22.8 Å². The molecule has 6 nitrogen and oxygen atoms in total. The number of benzene rings is 3. The predicted octanol–water partition coefficient (Wildman–Crippen LogP) is 5.41. The van der Waals surface area contributed by atoms with Crippen LogP contribution in [0.5, 0.6) is 0 Å². The number of halogens is 3. The number of nitrogens with zero attached hydrogens (tertiary/aromatic N) is 2. The van der Waals surface area contributed by atoms with Gasteiger partial charge in [0.15, 0.2) is 0 Å². The van der Waals surface area contributed by atoms with E-state index in [0.717, 1.165) is 22.6 Å². The second kappa shape index (κ2) is 9.22. The Labute approximate surface area is 206 Å². The van der Waals surface area contributed by atoms with Crippen molar-refractivity contribution in [1.82, 2.24) is 5.32 Å². The first-order chi connectivity index (χ1) is 17.2. The Kier molecular flexibility index (Phi) is 6.07. The number of carbonyl (C=O) groups excluding carboxylic acids is 2. The molecule has 2 atom stereocenters. The van der Waals surface area contributed by atoms with Crippen molar-refractivity contribution in [3.63, 3.8) is 0 Å². The van der Waals surface area contributed by atoms with Crippen LogP contribution in [-0.4, -0.2) is 37.6 Å². The summed E-state index contributed by atoms with van der Waals surface area (Å²) < 4.78 is 38.6. The smallest absolute Gasteiger partial charge is 0.363 e. The average Bonchev–Trinajstić information content (AvgIpc) is 2.97. The highest BCUT2D eigenvalue weighted by Gasteiger charge is 2.42. The van der Waals surface area contributed by atoms with Crippen LogP contribution in [0.25, 0.3) is 0 Å². The molecule has 3 aromatic rings. The fourth-order valence-electron chi connectivity index (χ4n) is 5.05. The summed E-state index contributed by atoms with van der Waals surface area (Å²) in [5, 5.41) is 5.07. The number of hydrogen-bond acceptors (Lipinski definition) is 4. The van der Waals surface area contributed by atoms with Crippen molar-refractivity contribution >= 4 is 34.6 Å². The van der Waals surface area contributed by atoms with E-state index in [1.54, 1.807) is 6.07 Å². The Morgan fingerprint density at radius 3 is 2.39 bits per heavy atom. The molecule has 2 aliphatic rings. The van der Waals surface area contributed by atoms with Crippen LogP contribution in [0.3, 0.4) is 0 Å². The second-order valence-corrected chi connectivity index (χ2v) is 9.04. The molecule has 1 saturated heterocycles. The highest BCUT2D eigenvalue weighted by Crippen LogP contribution is 2.48. The van der Waals surface area contributed by atoms with Crippen LogP contribution in [0, 0.1) is 0 Å². The van der Waals surface area contributed by atoms with Gasteiger partial charge in [0.2, 0.25) is 0 Å². The molecule has 36 heavy (non-hydrogen) atoms. The quantitative estimate of drug-likeness (QED) is 0.511. The number of nitrogens with one attached hydrogen (secondary N) is 2. The predicted molar refractivity (Wildman–Crippen MR) is 133 cm³/mol. The van der Waals surface area contributed by atoms with Crippen molar-refractivity contribution in [3.8, 4) is 0 Å². The zero-order valence-corrected chi connectivity index (χ0v) is 19.5. The van der Waals surface area contributed by atoms with Gasteiger partial charge in [-0.25, -0.2) is 0 Å². The van der Waals surface area contributed by atoms with Gasteiger partial charge in [-0.05, 0) is 54.8 Å². The molecule has 2 N–H and O–H groups in total. The highest BCUT2D eigenvalue weighted by atomic mass is 19.4. The lowest BCUT2D eigenvalue weighted by Crippen LogP contribution is -2.49. The van der Waals surface area contributed by atoms with Crippen LogP contribution in [0.4, 0.5) is 35.9 Å². The van der Waals surface area contributed by atoms with Gasteiger partial charge in [0.25, 0.3) is 5.91 Å². The van der Waals surface area contributed by atoms with Gasteiger partial charge >= 0.3 is 12.1 Å². The maximum atomic E-state index is 13.0. The number of carbonyl (C=O) groups is 2. The van der Waals surface area contributed by atoms with E-state index in [1.807, 2.05) is 78.7 Å². The van der Waals surface area contributed by atoms with Crippen LogP contribution in [0.2, 0.25) is 0 Å². The summed E-state index contributed by atoms with van der Waals surface area (Å²) in [6, 6.07) is 21.6. The van der Waals surface area contributed by atoms with Gasteiger partial charge in [-0.15, -0.1) is 0 Å². The number of amides is 2. The fraction of sp³-hybridized carbons (Fsp3) is 0.259. The lowest BCUT2D eigenvalue weighted by molar-refractivity contribution is -0.174. The number of hydrogen-bond donors (Lipinski definition) is 2. The normalized spacial score (nSPS) is 18.9. The Morgan fingerprint density at radius 1 is 0.917 bits per heavy atom. The van der Waals surface area contributed by atoms with E-state index in [0.29, 0.717) is 30.6 Å². The molecule has 2 aliphatic heterocycles. The lowest BCUT2D eigenvalue weighted by Gasteiger charge is -2.41. The monoisotopic (exact) mass is 494 g/mol. The number of piperidine rings is 1. The van der Waals surface area contributed by atoms with E-state index in [2.05, 4.69) is 15.5 Å². The zero-order chi connectivity index (χ0) is 25.4. The van der Waals surface area contributed by atoms with Crippen molar-refractivity contribution in [2.24, 2.45) is 0 Å². The third kappa shape index (κ3) is 4.48. The molecule has 186 valence electrons. The van der Waals surface area contributed by atoms with Crippen LogP contribution in [0.15, 0.2) is 72.8 Å². The van der Waals surface area contributed by atoms with Crippen molar-refractivity contribution in [2.75, 3.05) is 28.7 Å². The van der Waals surface area contributed by atoms with Crippen LogP contribution in [0.1, 0.15) is 34.8 Å². The number of rotatable bonds is 3. The van der Waals surface area contributed by atoms with Crippen LogP contribution in [-0.2, 0) is 4.79 Å². The number of fused-ring (bicyclic) bond motifs is 5. The Hall–Kier alpha value is -4.01. The van der Waals surface area contributed by atoms with Crippen LogP contribution < -0.4 is 20.4 Å². The van der Waals surface area contributed by atoms with E-state index in [1.165, 1.54) is 0 Å². The molecule has 0 unspecified atom stereocenters. The summed E-state index contributed by atoms with van der Waals surface area (Å²) in [5.41, 5.74) is 4.75. The summed E-state index contributed by atoms with van der Waals surface area (Å²) in [6.07, 6.45) is -4.20. The summed E-state index contributed by atoms with van der Waals surface area (Å²) >= 11 is 0. The van der Waals surface area contributed by atoms with Crippen molar-refractivity contribution in [2.45, 2.75) is 31.1 Å². The molecule has 0 saturated carbocycles. The van der Waals surface area contributed by atoms with Gasteiger partial charge in [-0.2, -0.15) is 13.2 Å². The Morgan fingerprint density at radius 2 is 1.64 bits per heavy atom. The van der Waals surface area contributed by atoms with Crippen molar-refractivity contribution < 1.29 is 22.8 Å². The highest BCUT2D eigenvalue weighted by molar-refractivity contribution is 6.05. The molecular formula is C27H25F3N4O2. The number of alkyl halides is 3. The van der Waals surface area contributed by atoms with Gasteiger partial charge < -0.3 is 20.4 Å². The summed E-state index contributed by atoms with van der Waals surface area (Å²) in [7, 11) is 1.91. The van der Waals surface area contributed by atoms with E-state index < -0.39 is 18.1 Å². The van der Waals surface area contributed by atoms with E-state index in [4.69, 9.17) is 0 Å². The standard InChI is InChI=1S/C27H25F3N4O2/c1-33-21-10-6-5-9-20(21)23-16-19(32-26(36)27(28,29)30)13-14-34(23)22-12-11-17(15-24(22)33)25(35)31-18-7-3-2-4-8-18/h2-12,15,19,23H,13-14,16H2,1H3,(H,31,35)(H,32,36)/t19-,23-/m0/s1. The SMILES string of the molecule is CN1c2ccccc2[C@@H]2C[C@@H](NC(=O)C(F)(F)F)CCN2c2ccc(C(=O)Nc3ccccc3)cc21. The molecule has 9 heteroatoms. The maximum absolute atomic E-state index is 13.0.